The Balaban J connectivity index is 0.00000121. The van der Waals surface area contributed by atoms with Crippen molar-refractivity contribution in [2.75, 3.05) is 25.4 Å². The van der Waals surface area contributed by atoms with Gasteiger partial charge in [0, 0.05) is 48.3 Å². The van der Waals surface area contributed by atoms with Crippen LogP contribution in [0.25, 0.3) is 0 Å². The summed E-state index contributed by atoms with van der Waals surface area (Å²) in [7, 11) is 0. The average Bonchev–Trinajstić information content (AvgIpc) is 2.86. The van der Waals surface area contributed by atoms with Gasteiger partial charge in [-0.05, 0) is 11.6 Å². The molecule has 1 aromatic heterocycles. The average molecular weight is 382 g/mol. The number of nitrogens with two attached hydrogens (primary N) is 1. The second-order valence-corrected chi connectivity index (χ2v) is 6.43. The summed E-state index contributed by atoms with van der Waals surface area (Å²) in [5.41, 5.74) is 6.89. The lowest BCUT2D eigenvalue weighted by molar-refractivity contribution is 0.155. The van der Waals surface area contributed by atoms with Gasteiger partial charge in [-0.25, -0.2) is 4.98 Å². The van der Waals surface area contributed by atoms with Crippen LogP contribution in [0.1, 0.15) is 16.5 Å². The van der Waals surface area contributed by atoms with E-state index in [9.17, 15) is 0 Å². The van der Waals surface area contributed by atoms with Crippen molar-refractivity contribution in [1.29, 1.82) is 0 Å². The molecule has 0 amide bonds. The zero-order valence-electron chi connectivity index (χ0n) is 11.9. The number of benzene rings is 1. The summed E-state index contributed by atoms with van der Waals surface area (Å²) in [6, 6.07) is 8.36. The second kappa shape index (κ2) is 8.91. The third kappa shape index (κ3) is 4.47. The number of nitrogens with one attached hydrogen (secondary N) is 1. The van der Waals surface area contributed by atoms with Crippen LogP contribution in [0.2, 0.25) is 5.02 Å². The highest BCUT2D eigenvalue weighted by molar-refractivity contribution is 7.15. The number of hydrogen-bond acceptors (Lipinski definition) is 5. The smallest absolute Gasteiger partial charge is 0.180 e. The molecule has 1 fully saturated rings. The molecular formula is C14H19Cl3N4S. The number of halogens is 3. The molecule has 0 radical (unpaired) electrons. The summed E-state index contributed by atoms with van der Waals surface area (Å²) in [6.45, 7) is 3.77. The molecular weight excluding hydrogens is 363 g/mol. The van der Waals surface area contributed by atoms with Crippen LogP contribution in [0.4, 0.5) is 5.13 Å². The molecule has 1 aromatic carbocycles. The monoisotopic (exact) mass is 380 g/mol. The lowest BCUT2D eigenvalue weighted by atomic mass is 10.0. The van der Waals surface area contributed by atoms with E-state index in [2.05, 4.69) is 21.3 Å². The van der Waals surface area contributed by atoms with Crippen LogP contribution in [-0.4, -0.2) is 29.5 Å². The Hall–Kier alpha value is -0.560. The van der Waals surface area contributed by atoms with E-state index in [0.717, 1.165) is 31.2 Å². The molecule has 8 heteroatoms. The van der Waals surface area contributed by atoms with E-state index in [4.69, 9.17) is 17.3 Å². The minimum absolute atomic E-state index is 0. The first kappa shape index (κ1) is 19.5. The molecule has 0 saturated carbocycles. The van der Waals surface area contributed by atoms with Gasteiger partial charge >= 0.3 is 0 Å². The molecule has 2 aromatic rings. The topological polar surface area (TPSA) is 54.2 Å². The maximum absolute atomic E-state index is 6.35. The van der Waals surface area contributed by atoms with Crippen molar-refractivity contribution in [3.63, 3.8) is 0 Å². The third-order valence-corrected chi connectivity index (χ3v) is 4.70. The quantitative estimate of drug-likeness (QED) is 0.856. The molecule has 0 bridgehead atoms. The highest BCUT2D eigenvalue weighted by Gasteiger charge is 2.25. The SMILES string of the molecule is Cl.Cl.Nc1ncc(CN2CCNCC2c2ccccc2Cl)s1. The number of thiazole rings is 1. The van der Waals surface area contributed by atoms with Gasteiger partial charge in [0.2, 0.25) is 0 Å². The molecule has 3 rings (SSSR count). The van der Waals surface area contributed by atoms with Crippen molar-refractivity contribution in [1.82, 2.24) is 15.2 Å². The van der Waals surface area contributed by atoms with E-state index in [1.165, 1.54) is 10.4 Å². The minimum Gasteiger partial charge on any atom is -0.375 e. The van der Waals surface area contributed by atoms with Crippen LogP contribution >= 0.6 is 47.8 Å². The Bertz CT molecular complexity index is 593. The van der Waals surface area contributed by atoms with Crippen LogP contribution < -0.4 is 11.1 Å². The Morgan fingerprint density at radius 2 is 2.14 bits per heavy atom. The van der Waals surface area contributed by atoms with Crippen molar-refractivity contribution >= 4 is 52.9 Å². The normalized spacial score (nSPS) is 18.3. The van der Waals surface area contributed by atoms with Crippen LogP contribution in [0, 0.1) is 0 Å². The molecule has 1 unspecified atom stereocenters. The zero-order chi connectivity index (χ0) is 13.9. The molecule has 0 spiro atoms. The van der Waals surface area contributed by atoms with Gasteiger partial charge in [0.1, 0.15) is 0 Å². The van der Waals surface area contributed by atoms with Gasteiger partial charge in [-0.2, -0.15) is 0 Å². The van der Waals surface area contributed by atoms with E-state index in [1.54, 1.807) is 11.3 Å². The Labute approximate surface area is 151 Å². The number of piperazine rings is 1. The summed E-state index contributed by atoms with van der Waals surface area (Å²) in [4.78, 5) is 7.76. The summed E-state index contributed by atoms with van der Waals surface area (Å²) in [5.74, 6) is 0. The van der Waals surface area contributed by atoms with Crippen LogP contribution in [-0.2, 0) is 6.54 Å². The van der Waals surface area contributed by atoms with Crippen molar-refractivity contribution < 1.29 is 0 Å². The molecule has 0 aliphatic carbocycles. The Kier molecular flexibility index (Phi) is 7.89. The summed E-state index contributed by atoms with van der Waals surface area (Å²) in [6.07, 6.45) is 1.87. The fraction of sp³-hybridized carbons (Fsp3) is 0.357. The molecule has 1 saturated heterocycles. The van der Waals surface area contributed by atoms with E-state index in [0.29, 0.717) is 11.2 Å². The maximum atomic E-state index is 6.35. The fourth-order valence-corrected chi connectivity index (χ4v) is 3.56. The number of hydrogen-bond donors (Lipinski definition) is 2. The maximum Gasteiger partial charge on any atom is 0.180 e. The van der Waals surface area contributed by atoms with Gasteiger partial charge in [-0.15, -0.1) is 36.2 Å². The fourth-order valence-electron chi connectivity index (χ4n) is 2.58. The first-order valence-corrected chi connectivity index (χ1v) is 7.83. The van der Waals surface area contributed by atoms with Crippen LogP contribution in [0.5, 0.6) is 0 Å². The molecule has 22 heavy (non-hydrogen) atoms. The molecule has 122 valence electrons. The molecule has 3 N–H and O–H groups in total. The number of rotatable bonds is 3. The van der Waals surface area contributed by atoms with Crippen LogP contribution in [0.3, 0.4) is 0 Å². The van der Waals surface area contributed by atoms with Gasteiger partial charge < -0.3 is 11.1 Å². The number of nitrogens with zero attached hydrogens (tertiary/aromatic N) is 2. The highest BCUT2D eigenvalue weighted by Crippen LogP contribution is 2.30. The van der Waals surface area contributed by atoms with E-state index in [1.807, 2.05) is 24.4 Å². The largest absolute Gasteiger partial charge is 0.375 e. The summed E-state index contributed by atoms with van der Waals surface area (Å²) >= 11 is 7.90. The lowest BCUT2D eigenvalue weighted by Crippen LogP contribution is -2.45. The van der Waals surface area contributed by atoms with E-state index in [-0.39, 0.29) is 24.8 Å². The second-order valence-electron chi connectivity index (χ2n) is 4.88. The minimum atomic E-state index is 0. The molecule has 4 nitrogen and oxygen atoms in total. The number of anilines is 1. The summed E-state index contributed by atoms with van der Waals surface area (Å²) in [5, 5.41) is 4.90. The van der Waals surface area contributed by atoms with Gasteiger partial charge in [0.25, 0.3) is 0 Å². The predicted octanol–water partition coefficient (Wildman–Crippen LogP) is 3.37. The van der Waals surface area contributed by atoms with Gasteiger partial charge in [-0.1, -0.05) is 29.8 Å². The Morgan fingerprint density at radius 3 is 2.82 bits per heavy atom. The molecule has 1 atom stereocenters. The standard InChI is InChI=1S/C14H17ClN4S.2ClH/c15-12-4-2-1-3-11(12)13-8-17-5-6-19(13)9-10-7-18-14(16)20-10;;/h1-4,7,13,17H,5-6,8-9H2,(H2,16,18);2*1H. The number of nitrogen functional groups attached to an aromatic ring is 1. The highest BCUT2D eigenvalue weighted by atomic mass is 35.5. The molecule has 1 aliphatic rings. The third-order valence-electron chi connectivity index (χ3n) is 3.55. The van der Waals surface area contributed by atoms with Crippen molar-refractivity contribution in [3.8, 4) is 0 Å². The lowest BCUT2D eigenvalue weighted by Gasteiger charge is -2.36. The first-order valence-electron chi connectivity index (χ1n) is 6.63. The van der Waals surface area contributed by atoms with Crippen molar-refractivity contribution in [3.05, 3.63) is 45.9 Å². The van der Waals surface area contributed by atoms with Crippen LogP contribution in [0.15, 0.2) is 30.5 Å². The predicted molar refractivity (Wildman–Crippen MR) is 98.5 cm³/mol. The molecule has 1 aliphatic heterocycles. The first-order chi connectivity index (χ1) is 9.74. The Morgan fingerprint density at radius 1 is 1.36 bits per heavy atom. The zero-order valence-corrected chi connectivity index (χ0v) is 15.1. The van der Waals surface area contributed by atoms with E-state index >= 15 is 0 Å². The van der Waals surface area contributed by atoms with Crippen molar-refractivity contribution in [2.24, 2.45) is 0 Å². The van der Waals surface area contributed by atoms with E-state index < -0.39 is 0 Å². The van der Waals surface area contributed by atoms with Gasteiger partial charge in [0.05, 0.1) is 0 Å². The van der Waals surface area contributed by atoms with Gasteiger partial charge in [0.15, 0.2) is 5.13 Å². The van der Waals surface area contributed by atoms with Crippen molar-refractivity contribution in [2.45, 2.75) is 12.6 Å². The van der Waals surface area contributed by atoms with Gasteiger partial charge in [-0.3, -0.25) is 4.90 Å². The molecule has 2 heterocycles. The summed E-state index contributed by atoms with van der Waals surface area (Å²) < 4.78 is 0. The number of aromatic nitrogens is 1.